The minimum atomic E-state index is -5.98. The molecule has 8 aliphatic rings. The molecule has 0 aliphatic carbocycles. The highest BCUT2D eigenvalue weighted by atomic mass is 32.3. The summed E-state index contributed by atoms with van der Waals surface area (Å²) in [6, 6.07) is -9.43. The van der Waals surface area contributed by atoms with Gasteiger partial charge in [0, 0.05) is 27.7 Å². The number of carbonyl (C=O) groups excluding carboxylic acids is 4. The van der Waals surface area contributed by atoms with E-state index in [2.05, 4.69) is 24.3 Å². The molecule has 7 saturated heterocycles. The second-order valence-corrected chi connectivity index (χ2v) is 31.2. The molecule has 0 saturated carbocycles. The average Bonchev–Trinajstić information content (AvgIpc) is 0.776. The van der Waals surface area contributed by atoms with Crippen LogP contribution >= 0.6 is 0 Å². The molecule has 7 fully saturated rings. The van der Waals surface area contributed by atoms with Gasteiger partial charge in [0.15, 0.2) is 62.3 Å². The molecule has 0 spiro atoms. The van der Waals surface area contributed by atoms with Crippen molar-refractivity contribution in [3.8, 4) is 0 Å². The fourth-order valence-corrected chi connectivity index (χ4v) is 15.7. The van der Waals surface area contributed by atoms with Crippen LogP contribution in [0.15, 0.2) is 11.8 Å². The number of hydrogen-bond acceptors (Lipinski definition) is 48. The van der Waals surface area contributed by atoms with E-state index in [-0.39, 0.29) is 0 Å². The predicted molar refractivity (Wildman–Crippen MR) is 353 cm³/mol. The summed E-state index contributed by atoms with van der Waals surface area (Å²) in [5.41, 5.74) is 0. The molecule has 38 atom stereocenters. The highest BCUT2D eigenvalue weighted by Crippen LogP contribution is 2.41. The summed E-state index contributed by atoms with van der Waals surface area (Å²) in [5, 5.41) is 195. The highest BCUT2D eigenvalue weighted by Gasteiger charge is 2.64. The molecule has 0 bridgehead atoms. The highest BCUT2D eigenvalue weighted by molar-refractivity contribution is 7.81. The number of aliphatic hydroxyl groups is 13. The Bertz CT molecular complexity index is 4140. The second-order valence-electron chi connectivity index (χ2n) is 27.0. The van der Waals surface area contributed by atoms with Gasteiger partial charge >= 0.3 is 65.5 Å². The molecule has 0 radical (unpaired) electrons. The summed E-state index contributed by atoms with van der Waals surface area (Å²) >= 11 is 0. The minimum Gasteiger partial charge on any atom is -0.479 e. The molecular formula is C56H84N4O56S4. The number of carboxylic acids is 4. The third kappa shape index (κ3) is 24.2. The summed E-state index contributed by atoms with van der Waals surface area (Å²) < 4.78 is 241. The van der Waals surface area contributed by atoms with Gasteiger partial charge in [-0.1, -0.05) is 0 Å². The number of carboxylic acid groups (broad SMARTS) is 4. The van der Waals surface area contributed by atoms with E-state index in [0.29, 0.717) is 19.9 Å². The first-order chi connectivity index (χ1) is 55.6. The Kier molecular flexibility index (Phi) is 33.3. The van der Waals surface area contributed by atoms with Crippen LogP contribution < -0.4 is 21.3 Å². The summed E-state index contributed by atoms with van der Waals surface area (Å²) in [5.74, 6) is -14.8. The molecule has 8 aliphatic heterocycles. The molecule has 0 aromatic heterocycles. The molecule has 8 heterocycles. The smallest absolute Gasteiger partial charge is 0.397 e. The lowest BCUT2D eigenvalue weighted by molar-refractivity contribution is -0.378. The van der Waals surface area contributed by atoms with Gasteiger partial charge in [-0.05, 0) is 6.08 Å². The maximum Gasteiger partial charge on any atom is 0.397 e. The summed E-state index contributed by atoms with van der Waals surface area (Å²) in [6.07, 6.45) is -89.1. The van der Waals surface area contributed by atoms with Crippen LogP contribution in [0.4, 0.5) is 0 Å². The molecule has 8 rings (SSSR count). The van der Waals surface area contributed by atoms with Gasteiger partial charge in [-0.25, -0.2) is 35.9 Å². The van der Waals surface area contributed by atoms with Crippen molar-refractivity contribution in [3.63, 3.8) is 0 Å². The number of hydrogen-bond donors (Lipinski definition) is 25. The largest absolute Gasteiger partial charge is 0.479 e. The fourth-order valence-electron chi connectivity index (χ4n) is 13.7. The van der Waals surface area contributed by atoms with Gasteiger partial charge in [-0.15, -0.1) is 0 Å². The van der Waals surface area contributed by atoms with Crippen molar-refractivity contribution in [1.82, 2.24) is 21.3 Å². The van der Waals surface area contributed by atoms with Crippen molar-refractivity contribution in [2.24, 2.45) is 0 Å². The summed E-state index contributed by atoms with van der Waals surface area (Å²) in [4.78, 5) is 103. The van der Waals surface area contributed by atoms with E-state index >= 15 is 0 Å². The molecule has 25 N–H and O–H groups in total. The van der Waals surface area contributed by atoms with Crippen LogP contribution in [0, 0.1) is 0 Å². The van der Waals surface area contributed by atoms with Gasteiger partial charge in [0.2, 0.25) is 35.7 Å². The number of aliphatic carboxylic acids is 4. The lowest BCUT2D eigenvalue weighted by Crippen LogP contribution is -2.72. The molecule has 0 aromatic rings. The van der Waals surface area contributed by atoms with Crippen LogP contribution in [0.2, 0.25) is 0 Å². The van der Waals surface area contributed by atoms with Gasteiger partial charge in [0.05, 0.1) is 26.4 Å². The number of carbonyl (C=O) groups is 8. The monoisotopic (exact) mass is 1840 g/mol. The molecule has 60 nitrogen and oxygen atoms in total. The normalized spacial score (nSPS) is 41.6. The molecule has 688 valence electrons. The van der Waals surface area contributed by atoms with Crippen LogP contribution in [0.3, 0.4) is 0 Å². The fraction of sp³-hybridized carbons (Fsp3) is 0.821. The quantitative estimate of drug-likeness (QED) is 0.0266. The van der Waals surface area contributed by atoms with Gasteiger partial charge in [-0.2, -0.15) is 33.7 Å². The molecule has 4 amide bonds. The van der Waals surface area contributed by atoms with E-state index < -0.39 is 354 Å². The number of aliphatic hydroxyl groups excluding tert-OH is 13. The molecule has 1 unspecified atom stereocenters. The number of amides is 4. The van der Waals surface area contributed by atoms with Crippen LogP contribution in [-0.2, 0) is 168 Å². The zero-order valence-corrected chi connectivity index (χ0v) is 64.4. The first kappa shape index (κ1) is 99.1. The standard InChI is InChI=1S/C56H84N4O56S4/c1-10(65)57-20-35(31(113-117(86,87)88)16(6-61)98-49(20)85)103-54-28(74)25(71)39(42(110-54)46(79)80)108-51-22(59-12(3)67)37(33(18(8-63)101-51)115-119(92,93)94)105-56-30(76)27(73)41(44(112-56)48(83)84)109-52-23(60-13(4)68)38(34(19(9-64)102-52)116-120(95,96)97)106-55-29(75)26(72)40(43(111-55)47(81)82)107-50-21(58-11(2)66)36(32(17(7-62)100-50)114-118(89,90)91)104-53-24(70)14(69)5-15(99-53)45(77)78/h5,14,16-44,49-56,61-64,69-76,85H,6-9H2,1-4H3,(H,57,65)(H,58,66)(H,59,67)(H,60,68)(H,77,78)(H,79,80)(H,81,82)(H,83,84)(H,86,87,88)(H,89,90,91)(H,92,93,94)(H,95,96,97)/t14-,16+,17+,18+,19+,20+,21+,22+,23+,24+,25+,26+,27+,28+,29+,30+,31-,32-,33-,34-,35+,36+,37+,38+,39-,40-,41-,42-,43-,44-,49?,50-,51-,52-,53-,54+,55+,56+/m0/s1. The Hall–Kier alpha value is -6.30. The lowest BCUT2D eigenvalue weighted by atomic mass is 9.93. The Morgan fingerprint density at radius 3 is 0.808 bits per heavy atom. The maximum absolute atomic E-state index is 13.5. The zero-order chi connectivity index (χ0) is 89.9. The Morgan fingerprint density at radius 1 is 0.325 bits per heavy atom. The van der Waals surface area contributed by atoms with Crippen LogP contribution in [0.1, 0.15) is 27.7 Å². The van der Waals surface area contributed by atoms with E-state index in [0.717, 1.165) is 13.8 Å². The maximum atomic E-state index is 13.5. The summed E-state index contributed by atoms with van der Waals surface area (Å²) in [6.45, 7) is -3.05. The number of rotatable bonds is 34. The van der Waals surface area contributed by atoms with Crippen molar-refractivity contribution in [2.45, 2.75) is 261 Å². The van der Waals surface area contributed by atoms with E-state index in [9.17, 15) is 177 Å². The molecule has 64 heteroatoms. The Balaban J connectivity index is 1.10. The first-order valence-corrected chi connectivity index (χ1v) is 39.8. The van der Waals surface area contributed by atoms with Gasteiger partial charge in [-0.3, -0.25) is 37.4 Å². The van der Waals surface area contributed by atoms with Crippen LogP contribution in [-0.4, -0.2) is 446 Å². The number of nitrogens with one attached hydrogen (secondary N) is 4. The van der Waals surface area contributed by atoms with Crippen molar-refractivity contribution >= 4 is 89.1 Å². The van der Waals surface area contributed by atoms with Crippen molar-refractivity contribution in [3.05, 3.63) is 11.8 Å². The van der Waals surface area contributed by atoms with Crippen LogP contribution in [0.5, 0.6) is 0 Å². The van der Waals surface area contributed by atoms with Crippen LogP contribution in [0.25, 0.3) is 0 Å². The van der Waals surface area contributed by atoms with E-state index in [1.54, 1.807) is 0 Å². The first-order valence-electron chi connectivity index (χ1n) is 34.4. The van der Waals surface area contributed by atoms with Crippen molar-refractivity contribution in [1.29, 1.82) is 0 Å². The van der Waals surface area contributed by atoms with Gasteiger partial charge in [0.25, 0.3) is 0 Å². The van der Waals surface area contributed by atoms with E-state index in [1.165, 1.54) is 0 Å². The minimum absolute atomic E-state index is 0.459. The zero-order valence-electron chi connectivity index (χ0n) is 61.2. The molecule has 120 heavy (non-hydrogen) atoms. The number of ether oxygens (including phenoxy) is 15. The topological polar surface area (TPSA) is 921 Å². The molecule has 0 aromatic carbocycles. The van der Waals surface area contributed by atoms with Crippen molar-refractivity contribution < 1.29 is 265 Å². The summed E-state index contributed by atoms with van der Waals surface area (Å²) in [7, 11) is -23.3. The Labute approximate surface area is 672 Å². The average molecular weight is 1840 g/mol. The SMILES string of the molecule is CC(=O)N[C@H]1[C@H](O[C@H]2[C@H](O)[C@@H](O)[C@H](O[C@@H]3[C@@H](NC(C)=O)[C@H](O[C@H]4[C@H](O)[C@@H](O)[C@H](O[C@H]5[C@@H](OS(=O)(=O)O)[C@@H](CO)OC(O)[C@@H]5NC(C)=O)O[C@@H]4C(=O)O)O[C@H](CO)[C@@H]3OS(=O)(=O)O)O[C@@H]2C(=O)O)O[C@H](CO)[C@H](OS(=O)(=O)O)[C@@H]1O[C@@H]1O[C@H](C(=O)O)[C@@H](O[C@@H]2O[C@H](CO)[C@H](OS(=O)(=O)O)[C@H](O[C@@H]3OC(C(=O)O)=C[C@H](O)[C@H]3O)[C@H]2NC(C)=O)[C@H](O)[C@H]1O. The third-order valence-electron chi connectivity index (χ3n) is 18.5. The van der Waals surface area contributed by atoms with Crippen molar-refractivity contribution in [2.75, 3.05) is 26.4 Å². The lowest BCUT2D eigenvalue weighted by Gasteiger charge is -2.51. The Morgan fingerprint density at radius 2 is 0.567 bits per heavy atom. The van der Waals surface area contributed by atoms with Gasteiger partial charge in [0.1, 0.15) is 165 Å². The van der Waals surface area contributed by atoms with E-state index in [4.69, 9.17) is 79.4 Å². The molecular weight excluding hydrogens is 1750 g/mol. The third-order valence-corrected chi connectivity index (χ3v) is 20.4. The van der Waals surface area contributed by atoms with E-state index in [1.807, 2.05) is 5.32 Å². The second kappa shape index (κ2) is 40.3. The van der Waals surface area contributed by atoms with Gasteiger partial charge < -0.3 is 179 Å². The predicted octanol–water partition coefficient (Wildman–Crippen LogP) is -17.0.